The van der Waals surface area contributed by atoms with E-state index >= 15 is 0 Å². The third-order valence-corrected chi connectivity index (χ3v) is 2.71. The normalized spacial score (nSPS) is 11.0. The SMILES string of the molecule is CC(C)(C)OC(=O)Nc1ccc(Cl)cc1CCCC=O. The van der Waals surface area contributed by atoms with Gasteiger partial charge in [-0.3, -0.25) is 5.32 Å². The van der Waals surface area contributed by atoms with Gasteiger partial charge in [-0.1, -0.05) is 11.6 Å². The Balaban J connectivity index is 2.77. The third-order valence-electron chi connectivity index (χ3n) is 2.47. The molecule has 0 radical (unpaired) electrons. The fourth-order valence-electron chi connectivity index (χ4n) is 1.68. The van der Waals surface area contributed by atoms with Gasteiger partial charge in [0, 0.05) is 17.1 Å². The van der Waals surface area contributed by atoms with Gasteiger partial charge in [-0.25, -0.2) is 4.79 Å². The molecule has 1 aromatic carbocycles. The number of unbranched alkanes of at least 4 members (excludes halogenated alkanes) is 1. The van der Waals surface area contributed by atoms with E-state index < -0.39 is 11.7 Å². The molecule has 0 spiro atoms. The molecule has 5 heteroatoms. The number of amides is 1. The monoisotopic (exact) mass is 297 g/mol. The summed E-state index contributed by atoms with van der Waals surface area (Å²) in [4.78, 5) is 22.1. The molecule has 0 saturated carbocycles. The number of hydrogen-bond acceptors (Lipinski definition) is 3. The smallest absolute Gasteiger partial charge is 0.412 e. The zero-order valence-electron chi connectivity index (χ0n) is 12.0. The van der Waals surface area contributed by atoms with Gasteiger partial charge >= 0.3 is 6.09 Å². The Morgan fingerprint density at radius 2 is 2.10 bits per heavy atom. The Kier molecular flexibility index (Phi) is 6.02. The summed E-state index contributed by atoms with van der Waals surface area (Å²) < 4.78 is 5.21. The van der Waals surface area contributed by atoms with E-state index in [2.05, 4.69) is 5.32 Å². The van der Waals surface area contributed by atoms with E-state index in [1.807, 2.05) is 0 Å². The number of rotatable bonds is 5. The first kappa shape index (κ1) is 16.5. The average Bonchev–Trinajstić information content (AvgIpc) is 2.30. The number of carbonyl (C=O) groups is 2. The molecule has 4 nitrogen and oxygen atoms in total. The molecule has 0 aromatic heterocycles. The number of hydrogen-bond donors (Lipinski definition) is 1. The van der Waals surface area contributed by atoms with E-state index in [-0.39, 0.29) is 0 Å². The molecule has 0 aliphatic carbocycles. The van der Waals surface area contributed by atoms with Gasteiger partial charge in [0.2, 0.25) is 0 Å². The van der Waals surface area contributed by atoms with Crippen molar-refractivity contribution in [3.05, 3.63) is 28.8 Å². The van der Waals surface area contributed by atoms with Crippen molar-refractivity contribution in [3.63, 3.8) is 0 Å². The first-order valence-corrected chi connectivity index (χ1v) is 6.91. The molecule has 1 N–H and O–H groups in total. The molecule has 0 aliphatic heterocycles. The Morgan fingerprint density at radius 1 is 1.40 bits per heavy atom. The number of aldehydes is 1. The van der Waals surface area contributed by atoms with Crippen molar-refractivity contribution in [2.45, 2.75) is 45.6 Å². The molecule has 1 aromatic rings. The van der Waals surface area contributed by atoms with E-state index in [0.717, 1.165) is 11.8 Å². The quantitative estimate of drug-likeness (QED) is 0.654. The van der Waals surface area contributed by atoms with Crippen molar-refractivity contribution in [2.75, 3.05) is 5.32 Å². The maximum atomic E-state index is 11.8. The predicted octanol–water partition coefficient (Wildman–Crippen LogP) is 4.21. The lowest BCUT2D eigenvalue weighted by atomic mass is 10.1. The maximum Gasteiger partial charge on any atom is 0.412 e. The van der Waals surface area contributed by atoms with Crippen LogP contribution < -0.4 is 5.32 Å². The highest BCUT2D eigenvalue weighted by Gasteiger charge is 2.17. The van der Waals surface area contributed by atoms with Crippen LogP contribution in [-0.4, -0.2) is 18.0 Å². The van der Waals surface area contributed by atoms with Crippen LogP contribution in [0.25, 0.3) is 0 Å². The molecule has 20 heavy (non-hydrogen) atoms. The van der Waals surface area contributed by atoms with Gasteiger partial charge in [0.15, 0.2) is 0 Å². The van der Waals surface area contributed by atoms with E-state index in [0.29, 0.717) is 30.0 Å². The van der Waals surface area contributed by atoms with E-state index in [9.17, 15) is 9.59 Å². The van der Waals surface area contributed by atoms with Crippen LogP contribution in [0.1, 0.15) is 39.2 Å². The second-order valence-electron chi connectivity index (χ2n) is 5.49. The summed E-state index contributed by atoms with van der Waals surface area (Å²) in [7, 11) is 0. The zero-order valence-corrected chi connectivity index (χ0v) is 12.8. The summed E-state index contributed by atoms with van der Waals surface area (Å²) >= 11 is 5.96. The number of nitrogens with one attached hydrogen (secondary N) is 1. The summed E-state index contributed by atoms with van der Waals surface area (Å²) in [6.45, 7) is 5.41. The Bertz CT molecular complexity index is 480. The Morgan fingerprint density at radius 3 is 2.70 bits per heavy atom. The minimum Gasteiger partial charge on any atom is -0.444 e. The summed E-state index contributed by atoms with van der Waals surface area (Å²) in [5.41, 5.74) is 1.01. The van der Waals surface area contributed by atoms with Gasteiger partial charge in [-0.2, -0.15) is 0 Å². The number of aryl methyl sites for hydroxylation is 1. The molecule has 0 atom stereocenters. The lowest BCUT2D eigenvalue weighted by Gasteiger charge is -2.20. The summed E-state index contributed by atoms with van der Waals surface area (Å²) in [6, 6.07) is 5.24. The lowest BCUT2D eigenvalue weighted by molar-refractivity contribution is -0.107. The summed E-state index contributed by atoms with van der Waals surface area (Å²) in [5, 5.41) is 3.31. The first-order valence-electron chi connectivity index (χ1n) is 6.54. The Hall–Kier alpha value is -1.55. The van der Waals surface area contributed by atoms with Crippen molar-refractivity contribution in [1.29, 1.82) is 0 Å². The van der Waals surface area contributed by atoms with Gasteiger partial charge in [-0.15, -0.1) is 0 Å². The van der Waals surface area contributed by atoms with Crippen molar-refractivity contribution in [3.8, 4) is 0 Å². The highest BCUT2D eigenvalue weighted by Crippen LogP contribution is 2.23. The highest BCUT2D eigenvalue weighted by molar-refractivity contribution is 6.30. The summed E-state index contributed by atoms with van der Waals surface area (Å²) in [6.07, 6.45) is 2.25. The standard InChI is InChI=1S/C15H20ClNO3/c1-15(2,3)20-14(19)17-13-8-7-12(16)10-11(13)6-4-5-9-18/h7-10H,4-6H2,1-3H3,(H,17,19). The number of carbonyl (C=O) groups excluding carboxylic acids is 2. The number of anilines is 1. The molecule has 0 bridgehead atoms. The van der Waals surface area contributed by atoms with Gasteiger partial charge in [0.1, 0.15) is 11.9 Å². The van der Waals surface area contributed by atoms with Crippen LogP contribution in [0.4, 0.5) is 10.5 Å². The highest BCUT2D eigenvalue weighted by atomic mass is 35.5. The van der Waals surface area contributed by atoms with Crippen molar-refractivity contribution < 1.29 is 14.3 Å². The van der Waals surface area contributed by atoms with Crippen LogP contribution >= 0.6 is 11.6 Å². The van der Waals surface area contributed by atoms with Crippen LogP contribution in [-0.2, 0) is 16.0 Å². The lowest BCUT2D eigenvalue weighted by Crippen LogP contribution is -2.27. The minimum absolute atomic E-state index is 0.485. The zero-order chi connectivity index (χ0) is 15.2. The van der Waals surface area contributed by atoms with Crippen LogP contribution in [0, 0.1) is 0 Å². The van der Waals surface area contributed by atoms with E-state index in [4.69, 9.17) is 16.3 Å². The van der Waals surface area contributed by atoms with Gasteiger partial charge in [-0.05, 0) is 57.4 Å². The number of halogens is 1. The van der Waals surface area contributed by atoms with E-state index in [1.54, 1.807) is 39.0 Å². The predicted molar refractivity (Wildman–Crippen MR) is 80.3 cm³/mol. The molecule has 0 unspecified atom stereocenters. The van der Waals surface area contributed by atoms with Crippen molar-refractivity contribution in [1.82, 2.24) is 0 Å². The number of ether oxygens (including phenoxy) is 1. The van der Waals surface area contributed by atoms with Crippen molar-refractivity contribution >= 4 is 29.7 Å². The van der Waals surface area contributed by atoms with Crippen LogP contribution in [0.2, 0.25) is 5.02 Å². The molecule has 0 aliphatic rings. The molecular weight excluding hydrogens is 278 g/mol. The Labute approximate surface area is 124 Å². The molecule has 1 amide bonds. The molecule has 0 heterocycles. The van der Waals surface area contributed by atoms with Crippen molar-refractivity contribution in [2.24, 2.45) is 0 Å². The number of benzene rings is 1. The maximum absolute atomic E-state index is 11.8. The summed E-state index contributed by atoms with van der Waals surface area (Å²) in [5.74, 6) is 0. The van der Waals surface area contributed by atoms with Gasteiger partial charge < -0.3 is 9.53 Å². The molecule has 110 valence electrons. The topological polar surface area (TPSA) is 55.4 Å². The largest absolute Gasteiger partial charge is 0.444 e. The van der Waals surface area contributed by atoms with Crippen LogP contribution in [0.3, 0.4) is 0 Å². The second kappa shape index (κ2) is 7.29. The van der Waals surface area contributed by atoms with Crippen LogP contribution in [0.15, 0.2) is 18.2 Å². The van der Waals surface area contributed by atoms with E-state index in [1.165, 1.54) is 0 Å². The third kappa shape index (κ3) is 6.06. The fraction of sp³-hybridized carbons (Fsp3) is 0.467. The average molecular weight is 298 g/mol. The first-order chi connectivity index (χ1) is 9.31. The molecular formula is C15H20ClNO3. The fourth-order valence-corrected chi connectivity index (χ4v) is 1.88. The molecule has 1 rings (SSSR count). The van der Waals surface area contributed by atoms with Gasteiger partial charge in [0.25, 0.3) is 0 Å². The van der Waals surface area contributed by atoms with Crippen LogP contribution in [0.5, 0.6) is 0 Å². The van der Waals surface area contributed by atoms with Gasteiger partial charge in [0.05, 0.1) is 0 Å². The minimum atomic E-state index is -0.547. The second-order valence-corrected chi connectivity index (χ2v) is 5.92. The molecule has 0 fully saturated rings. The molecule has 0 saturated heterocycles.